The van der Waals surface area contributed by atoms with Crippen molar-refractivity contribution >= 4 is 0 Å². The molecule has 0 fully saturated rings. The number of hydrogen-bond acceptors (Lipinski definition) is 1. The summed E-state index contributed by atoms with van der Waals surface area (Å²) in [6.07, 6.45) is 3.86. The minimum Gasteiger partial charge on any atom is -0.312 e. The fourth-order valence-electron chi connectivity index (χ4n) is 1.23. The summed E-state index contributed by atoms with van der Waals surface area (Å²) in [5.74, 6) is 0. The maximum atomic E-state index is 3.53. The van der Waals surface area contributed by atoms with E-state index in [0.29, 0.717) is 6.04 Å². The Morgan fingerprint density at radius 3 is 1.83 bits per heavy atom. The smallest absolute Gasteiger partial charge is 0.00666 e. The molecule has 1 N–H and O–H groups in total. The molecule has 0 spiro atoms. The van der Waals surface area contributed by atoms with Crippen LogP contribution in [0.4, 0.5) is 0 Å². The van der Waals surface area contributed by atoms with Crippen molar-refractivity contribution in [2.45, 2.75) is 72.9 Å². The van der Waals surface area contributed by atoms with E-state index in [4.69, 9.17) is 0 Å². The first-order valence-electron chi connectivity index (χ1n) is 5.46. The molecule has 0 aliphatic heterocycles. The Morgan fingerprint density at radius 1 is 1.08 bits per heavy atom. The third-order valence-corrected chi connectivity index (χ3v) is 1.70. The number of hydrogen-bond donors (Lipinski definition) is 1. The highest BCUT2D eigenvalue weighted by atomic mass is 14.9. The summed E-state index contributed by atoms with van der Waals surface area (Å²) in [6.45, 7) is 12.9. The lowest BCUT2D eigenvalue weighted by Gasteiger charge is -2.18. The van der Waals surface area contributed by atoms with Crippen molar-refractivity contribution in [1.29, 1.82) is 0 Å². The van der Waals surface area contributed by atoms with E-state index in [0.717, 1.165) is 6.04 Å². The van der Waals surface area contributed by atoms with E-state index in [9.17, 15) is 0 Å². The first kappa shape index (κ1) is 14.5. The third kappa shape index (κ3) is 9.96. The summed E-state index contributed by atoms with van der Waals surface area (Å²) in [4.78, 5) is 0. The molecule has 0 saturated carbocycles. The molecule has 0 aromatic carbocycles. The van der Waals surface area contributed by atoms with Gasteiger partial charge >= 0.3 is 0 Å². The molecule has 12 heavy (non-hydrogen) atoms. The molecule has 0 aliphatic carbocycles. The van der Waals surface area contributed by atoms with Crippen LogP contribution in [0.1, 0.15) is 60.8 Å². The van der Waals surface area contributed by atoms with E-state index in [1.165, 1.54) is 19.3 Å². The quantitative estimate of drug-likeness (QED) is 0.670. The Kier molecular flexibility index (Phi) is 13.2. The second-order valence-electron chi connectivity index (χ2n) is 3.22. The van der Waals surface area contributed by atoms with Crippen LogP contribution >= 0.6 is 0 Å². The van der Waals surface area contributed by atoms with Crippen molar-refractivity contribution in [3.05, 3.63) is 0 Å². The summed E-state index contributed by atoms with van der Waals surface area (Å²) in [5, 5.41) is 3.53. The first-order chi connectivity index (χ1) is 5.70. The van der Waals surface area contributed by atoms with Gasteiger partial charge in [-0.3, -0.25) is 0 Å². The molecule has 1 atom stereocenters. The summed E-state index contributed by atoms with van der Waals surface area (Å²) >= 11 is 0. The summed E-state index contributed by atoms with van der Waals surface area (Å²) in [7, 11) is 0. The molecule has 0 radical (unpaired) electrons. The van der Waals surface area contributed by atoms with Crippen LogP contribution in [0.5, 0.6) is 0 Å². The summed E-state index contributed by atoms with van der Waals surface area (Å²) in [5.41, 5.74) is 0. The van der Waals surface area contributed by atoms with Crippen LogP contribution in [-0.4, -0.2) is 12.1 Å². The second-order valence-corrected chi connectivity index (χ2v) is 3.22. The molecule has 0 aliphatic rings. The van der Waals surface area contributed by atoms with Gasteiger partial charge in [0.2, 0.25) is 0 Å². The van der Waals surface area contributed by atoms with Crippen LogP contribution in [0.2, 0.25) is 0 Å². The van der Waals surface area contributed by atoms with E-state index in [1.54, 1.807) is 0 Å². The molecule has 0 heterocycles. The van der Waals surface area contributed by atoms with Gasteiger partial charge in [0, 0.05) is 12.1 Å². The predicted molar refractivity (Wildman–Crippen MR) is 58.6 cm³/mol. The molecular weight excluding hydrogens is 146 g/mol. The number of nitrogens with one attached hydrogen (secondary N) is 1. The molecule has 0 aromatic heterocycles. The second kappa shape index (κ2) is 11.0. The van der Waals surface area contributed by atoms with Gasteiger partial charge in [-0.1, -0.05) is 48.0 Å². The zero-order chi connectivity index (χ0) is 9.98. The first-order valence-corrected chi connectivity index (χ1v) is 5.46. The zero-order valence-electron chi connectivity index (χ0n) is 9.78. The highest BCUT2D eigenvalue weighted by molar-refractivity contribution is 4.66. The lowest BCUT2D eigenvalue weighted by Crippen LogP contribution is -2.33. The molecule has 1 heteroatoms. The van der Waals surface area contributed by atoms with E-state index in [2.05, 4.69) is 33.0 Å². The van der Waals surface area contributed by atoms with Crippen LogP contribution < -0.4 is 5.32 Å². The Labute approximate surface area is 78.9 Å². The highest BCUT2D eigenvalue weighted by Gasteiger charge is 2.04. The largest absolute Gasteiger partial charge is 0.312 e. The minimum atomic E-state index is 0.636. The Hall–Kier alpha value is -0.0400. The standard InChI is InChI=1S/C9H21N.C2H6/c1-5-7-9(6-2)10-8(3)4;1-2/h8-10H,5-7H2,1-4H3;1-2H3. The third-order valence-electron chi connectivity index (χ3n) is 1.70. The molecule has 0 rings (SSSR count). The van der Waals surface area contributed by atoms with E-state index in [-0.39, 0.29) is 0 Å². The van der Waals surface area contributed by atoms with Gasteiger partial charge in [0.05, 0.1) is 0 Å². The van der Waals surface area contributed by atoms with Crippen LogP contribution in [0.25, 0.3) is 0 Å². The Bertz CT molecular complexity index is 69.4. The molecule has 76 valence electrons. The molecule has 1 nitrogen and oxygen atoms in total. The van der Waals surface area contributed by atoms with Gasteiger partial charge in [0.15, 0.2) is 0 Å². The van der Waals surface area contributed by atoms with Crippen molar-refractivity contribution in [3.63, 3.8) is 0 Å². The number of rotatable bonds is 5. The summed E-state index contributed by atoms with van der Waals surface area (Å²) in [6, 6.07) is 1.38. The average molecular weight is 173 g/mol. The normalized spacial score (nSPS) is 12.2. The lowest BCUT2D eigenvalue weighted by molar-refractivity contribution is 0.425. The van der Waals surface area contributed by atoms with Gasteiger partial charge in [0.25, 0.3) is 0 Å². The van der Waals surface area contributed by atoms with Crippen LogP contribution in [-0.2, 0) is 0 Å². The molecule has 0 amide bonds. The van der Waals surface area contributed by atoms with Crippen molar-refractivity contribution < 1.29 is 0 Å². The van der Waals surface area contributed by atoms with Crippen molar-refractivity contribution in [1.82, 2.24) is 5.32 Å². The van der Waals surface area contributed by atoms with Crippen molar-refractivity contribution in [2.24, 2.45) is 0 Å². The van der Waals surface area contributed by atoms with Crippen LogP contribution in [0.3, 0.4) is 0 Å². The SMILES string of the molecule is CC.CCCC(CC)NC(C)C. The van der Waals surface area contributed by atoms with Gasteiger partial charge in [-0.25, -0.2) is 0 Å². The maximum absolute atomic E-state index is 3.53. The fraction of sp³-hybridized carbons (Fsp3) is 1.00. The van der Waals surface area contributed by atoms with E-state index < -0.39 is 0 Å². The van der Waals surface area contributed by atoms with Gasteiger partial charge in [-0.05, 0) is 12.8 Å². The molecular formula is C11H27N. The average Bonchev–Trinajstić information content (AvgIpc) is 2.07. The zero-order valence-corrected chi connectivity index (χ0v) is 9.78. The molecule has 0 bridgehead atoms. The van der Waals surface area contributed by atoms with Gasteiger partial charge in [0.1, 0.15) is 0 Å². The van der Waals surface area contributed by atoms with Crippen LogP contribution in [0.15, 0.2) is 0 Å². The lowest BCUT2D eigenvalue weighted by atomic mass is 10.1. The highest BCUT2D eigenvalue weighted by Crippen LogP contribution is 2.01. The van der Waals surface area contributed by atoms with Gasteiger partial charge < -0.3 is 5.32 Å². The fourth-order valence-corrected chi connectivity index (χ4v) is 1.23. The Balaban J connectivity index is 0. The monoisotopic (exact) mass is 173 g/mol. The minimum absolute atomic E-state index is 0.636. The van der Waals surface area contributed by atoms with E-state index in [1.807, 2.05) is 13.8 Å². The summed E-state index contributed by atoms with van der Waals surface area (Å²) < 4.78 is 0. The van der Waals surface area contributed by atoms with Gasteiger partial charge in [-0.2, -0.15) is 0 Å². The molecule has 0 saturated heterocycles. The Morgan fingerprint density at radius 2 is 1.58 bits per heavy atom. The molecule has 0 aromatic rings. The van der Waals surface area contributed by atoms with Crippen LogP contribution in [0, 0.1) is 0 Å². The van der Waals surface area contributed by atoms with E-state index >= 15 is 0 Å². The maximum Gasteiger partial charge on any atom is 0.00666 e. The van der Waals surface area contributed by atoms with Crippen molar-refractivity contribution in [2.75, 3.05) is 0 Å². The van der Waals surface area contributed by atoms with Gasteiger partial charge in [-0.15, -0.1) is 0 Å². The topological polar surface area (TPSA) is 12.0 Å². The molecule has 1 unspecified atom stereocenters. The van der Waals surface area contributed by atoms with Crippen molar-refractivity contribution in [3.8, 4) is 0 Å². The predicted octanol–water partition coefficient (Wildman–Crippen LogP) is 3.59.